The maximum absolute atomic E-state index is 13.5. The predicted molar refractivity (Wildman–Crippen MR) is 158 cm³/mol. The second-order valence-electron chi connectivity index (χ2n) is 11.3. The average Bonchev–Trinajstić information content (AvgIpc) is 3.76. The molecular weight excluding hydrogens is 546 g/mol. The van der Waals surface area contributed by atoms with Gasteiger partial charge in [0, 0.05) is 56.3 Å². The lowest BCUT2D eigenvalue weighted by Crippen LogP contribution is -2.57. The number of hydrogen-bond donors (Lipinski definition) is 1. The zero-order chi connectivity index (χ0) is 29.3. The number of aryl methyl sites for hydroxylation is 1. The van der Waals surface area contributed by atoms with Gasteiger partial charge in [-0.3, -0.25) is 14.2 Å². The molecule has 43 heavy (non-hydrogen) atoms. The lowest BCUT2D eigenvalue weighted by atomic mass is 10.1. The maximum Gasteiger partial charge on any atom is 0.250 e. The van der Waals surface area contributed by atoms with Crippen LogP contribution in [-0.4, -0.2) is 74.2 Å². The summed E-state index contributed by atoms with van der Waals surface area (Å²) in [5.74, 6) is 2.39. The number of carbonyl (C=O) groups is 2. The molecule has 3 aliphatic rings. The van der Waals surface area contributed by atoms with Gasteiger partial charge in [-0.15, -0.1) is 0 Å². The zero-order valence-corrected chi connectivity index (χ0v) is 23.9. The summed E-state index contributed by atoms with van der Waals surface area (Å²) in [6, 6.07) is 17.4. The number of piperazine rings is 1. The molecular formula is C32H33N7O4. The Kier molecular flexibility index (Phi) is 7.14. The van der Waals surface area contributed by atoms with Crippen LogP contribution in [0.25, 0.3) is 5.95 Å². The molecule has 0 radical (unpaired) electrons. The van der Waals surface area contributed by atoms with Gasteiger partial charge in [-0.25, -0.2) is 9.97 Å². The van der Waals surface area contributed by atoms with Crippen LogP contribution < -0.4 is 19.7 Å². The molecule has 1 N–H and O–H groups in total. The second kappa shape index (κ2) is 11.4. The largest absolute Gasteiger partial charge is 0.450 e. The fourth-order valence-corrected chi connectivity index (χ4v) is 6.20. The minimum absolute atomic E-state index is 0.0411. The Morgan fingerprint density at radius 3 is 2.37 bits per heavy atom. The number of benzene rings is 2. The van der Waals surface area contributed by atoms with E-state index in [0.717, 1.165) is 18.5 Å². The summed E-state index contributed by atoms with van der Waals surface area (Å²) >= 11 is 0. The van der Waals surface area contributed by atoms with Crippen LogP contribution in [0, 0.1) is 6.92 Å². The van der Waals surface area contributed by atoms with Crippen LogP contribution in [0.15, 0.2) is 73.3 Å². The predicted octanol–water partition coefficient (Wildman–Crippen LogP) is 2.85. The quantitative estimate of drug-likeness (QED) is 0.356. The number of hydrogen-bond acceptors (Lipinski definition) is 8. The van der Waals surface area contributed by atoms with Crippen LogP contribution >= 0.6 is 0 Å². The average molecular weight is 580 g/mol. The van der Waals surface area contributed by atoms with Crippen molar-refractivity contribution in [3.05, 3.63) is 90.1 Å². The first-order valence-corrected chi connectivity index (χ1v) is 14.7. The van der Waals surface area contributed by atoms with Gasteiger partial charge in [0.1, 0.15) is 18.6 Å². The second-order valence-corrected chi connectivity index (χ2v) is 11.3. The molecule has 1 fully saturated rings. The molecule has 2 aliphatic heterocycles. The third-order valence-corrected chi connectivity index (χ3v) is 8.24. The highest BCUT2D eigenvalue weighted by Crippen LogP contribution is 2.35. The first kappa shape index (κ1) is 26.9. The summed E-state index contributed by atoms with van der Waals surface area (Å²) in [4.78, 5) is 44.4. The molecule has 0 bridgehead atoms. The van der Waals surface area contributed by atoms with Crippen molar-refractivity contribution in [1.82, 2.24) is 29.7 Å². The van der Waals surface area contributed by atoms with Crippen LogP contribution in [0.5, 0.6) is 11.5 Å². The van der Waals surface area contributed by atoms with E-state index in [2.05, 4.69) is 32.3 Å². The van der Waals surface area contributed by atoms with E-state index in [1.54, 1.807) is 28.2 Å². The number of nitrogens with one attached hydrogen (secondary N) is 1. The normalized spacial score (nSPS) is 18.1. The van der Waals surface area contributed by atoms with E-state index in [9.17, 15) is 9.59 Å². The van der Waals surface area contributed by atoms with Crippen LogP contribution in [0.3, 0.4) is 0 Å². The number of imidazole rings is 1. The standard InChI is InChI=1S/C32H33N7O4/c1-21-14-28(36-32(34-21)38-11-10-33-20-38)39-13-12-37(30(41)18-31-42-26-8-4-5-9-27(26)43-31)19-25(39)17-29(40)35-24-15-22-6-2-3-7-23(22)16-24/h2-11,14,20,24-25,31H,12-13,15-19H2,1H3,(H,35,40). The van der Waals surface area contributed by atoms with Crippen molar-refractivity contribution in [2.75, 3.05) is 24.5 Å². The number of nitrogens with zero attached hydrogens (tertiary/aromatic N) is 6. The fraction of sp³-hybridized carbons (Fsp3) is 0.344. The molecule has 2 aromatic heterocycles. The molecule has 220 valence electrons. The summed E-state index contributed by atoms with van der Waals surface area (Å²) in [5, 5.41) is 3.25. The zero-order valence-electron chi connectivity index (χ0n) is 23.9. The Morgan fingerprint density at radius 1 is 0.953 bits per heavy atom. The molecule has 1 saturated heterocycles. The molecule has 2 aromatic carbocycles. The molecule has 4 aromatic rings. The molecule has 1 atom stereocenters. The number of aromatic nitrogens is 4. The Labute approximate surface area is 249 Å². The van der Waals surface area contributed by atoms with Gasteiger partial charge in [0.05, 0.1) is 6.04 Å². The maximum atomic E-state index is 13.5. The molecule has 11 heteroatoms. The molecule has 0 saturated carbocycles. The van der Waals surface area contributed by atoms with E-state index in [1.165, 1.54) is 11.1 Å². The summed E-state index contributed by atoms with van der Waals surface area (Å²) in [6.07, 6.45) is 6.42. The van der Waals surface area contributed by atoms with Crippen LogP contribution in [-0.2, 0) is 22.4 Å². The Bertz CT molecular complexity index is 1590. The van der Waals surface area contributed by atoms with Gasteiger partial charge >= 0.3 is 0 Å². The summed E-state index contributed by atoms with van der Waals surface area (Å²) in [6.45, 7) is 3.30. The number of fused-ring (bicyclic) bond motifs is 2. The van der Waals surface area contributed by atoms with Crippen molar-refractivity contribution in [1.29, 1.82) is 0 Å². The number of ether oxygens (including phenoxy) is 2. The van der Waals surface area contributed by atoms with Crippen molar-refractivity contribution < 1.29 is 19.1 Å². The number of rotatable bonds is 7. The van der Waals surface area contributed by atoms with E-state index in [4.69, 9.17) is 14.5 Å². The van der Waals surface area contributed by atoms with E-state index in [1.807, 2.05) is 49.4 Å². The van der Waals surface area contributed by atoms with Crippen molar-refractivity contribution >= 4 is 17.6 Å². The number of para-hydroxylation sites is 2. The van der Waals surface area contributed by atoms with E-state index < -0.39 is 6.29 Å². The van der Waals surface area contributed by atoms with Gasteiger partial charge in [0.25, 0.3) is 0 Å². The third-order valence-electron chi connectivity index (χ3n) is 8.24. The Hall–Kier alpha value is -4.93. The first-order chi connectivity index (χ1) is 21.0. The van der Waals surface area contributed by atoms with Crippen molar-refractivity contribution in [2.45, 2.75) is 51.0 Å². The summed E-state index contributed by atoms with van der Waals surface area (Å²) < 4.78 is 13.4. The highest BCUT2D eigenvalue weighted by molar-refractivity contribution is 5.79. The highest BCUT2D eigenvalue weighted by atomic mass is 16.7. The van der Waals surface area contributed by atoms with Gasteiger partial charge in [0.2, 0.25) is 24.1 Å². The van der Waals surface area contributed by atoms with Gasteiger partial charge in [-0.2, -0.15) is 4.98 Å². The number of carbonyl (C=O) groups excluding carboxylic acids is 2. The van der Waals surface area contributed by atoms with Crippen molar-refractivity contribution in [2.24, 2.45) is 0 Å². The Morgan fingerprint density at radius 2 is 1.67 bits per heavy atom. The topological polar surface area (TPSA) is 115 Å². The SMILES string of the molecule is Cc1cc(N2CCN(C(=O)CC3Oc4ccccc4O3)CC2CC(=O)NC2Cc3ccccc3C2)nc(-n2ccnc2)n1. The fourth-order valence-electron chi connectivity index (χ4n) is 6.20. The van der Waals surface area contributed by atoms with Crippen LogP contribution in [0.4, 0.5) is 5.82 Å². The Balaban J connectivity index is 1.08. The summed E-state index contributed by atoms with van der Waals surface area (Å²) in [7, 11) is 0. The van der Waals surface area contributed by atoms with Crippen LogP contribution in [0.1, 0.15) is 29.7 Å². The van der Waals surface area contributed by atoms with Gasteiger partial charge in [0.15, 0.2) is 11.5 Å². The molecule has 11 nitrogen and oxygen atoms in total. The van der Waals surface area contributed by atoms with Gasteiger partial charge in [-0.1, -0.05) is 36.4 Å². The number of amides is 2. The lowest BCUT2D eigenvalue weighted by molar-refractivity contribution is -0.137. The molecule has 2 amide bonds. The number of anilines is 1. The van der Waals surface area contributed by atoms with Crippen molar-refractivity contribution in [3.8, 4) is 17.4 Å². The third kappa shape index (κ3) is 5.75. The van der Waals surface area contributed by atoms with Gasteiger partial charge < -0.3 is 24.6 Å². The highest BCUT2D eigenvalue weighted by Gasteiger charge is 2.35. The first-order valence-electron chi connectivity index (χ1n) is 14.7. The van der Waals surface area contributed by atoms with E-state index >= 15 is 0 Å². The minimum Gasteiger partial charge on any atom is -0.450 e. The smallest absolute Gasteiger partial charge is 0.250 e. The van der Waals surface area contributed by atoms with Crippen LogP contribution in [0.2, 0.25) is 0 Å². The molecule has 7 rings (SSSR count). The molecule has 4 heterocycles. The monoisotopic (exact) mass is 579 g/mol. The van der Waals surface area contributed by atoms with E-state index in [0.29, 0.717) is 42.9 Å². The minimum atomic E-state index is -0.670. The molecule has 1 aliphatic carbocycles. The van der Waals surface area contributed by atoms with Crippen molar-refractivity contribution in [3.63, 3.8) is 0 Å². The molecule has 1 unspecified atom stereocenters. The summed E-state index contributed by atoms with van der Waals surface area (Å²) in [5.41, 5.74) is 3.37. The molecule has 0 spiro atoms. The van der Waals surface area contributed by atoms with E-state index in [-0.39, 0.29) is 36.7 Å². The van der Waals surface area contributed by atoms with Gasteiger partial charge in [-0.05, 0) is 43.0 Å². The lowest BCUT2D eigenvalue weighted by Gasteiger charge is -2.42.